The highest BCUT2D eigenvalue weighted by molar-refractivity contribution is 5.86. The number of fused-ring (bicyclic) bond motifs is 1. The Morgan fingerprint density at radius 2 is 1.56 bits per heavy atom. The molecular formula is C13H14O3. The van der Waals surface area contributed by atoms with Gasteiger partial charge in [0.05, 0.1) is 20.8 Å². The second-order valence-corrected chi connectivity index (χ2v) is 3.55. The molecule has 3 heteroatoms. The number of ether oxygens (including phenoxy) is 2. The Morgan fingerprint density at radius 1 is 0.938 bits per heavy atom. The van der Waals surface area contributed by atoms with Crippen LogP contribution in [0.25, 0.3) is 10.8 Å². The van der Waals surface area contributed by atoms with E-state index in [1.165, 1.54) is 0 Å². The van der Waals surface area contributed by atoms with E-state index in [1.54, 1.807) is 14.2 Å². The average Bonchev–Trinajstić information content (AvgIpc) is 2.36. The Morgan fingerprint density at radius 3 is 2.12 bits per heavy atom. The number of rotatable bonds is 3. The van der Waals surface area contributed by atoms with E-state index in [-0.39, 0.29) is 6.61 Å². The topological polar surface area (TPSA) is 38.7 Å². The largest absolute Gasteiger partial charge is 0.493 e. The van der Waals surface area contributed by atoms with Crippen LogP contribution in [-0.4, -0.2) is 19.3 Å². The summed E-state index contributed by atoms with van der Waals surface area (Å²) in [6.45, 7) is 0.0459. The number of methoxy groups -OCH3 is 2. The highest BCUT2D eigenvalue weighted by atomic mass is 16.5. The Kier molecular flexibility index (Phi) is 2.97. The summed E-state index contributed by atoms with van der Waals surface area (Å²) in [5, 5.41) is 11.2. The minimum atomic E-state index is 0.0459. The molecule has 2 aromatic rings. The van der Waals surface area contributed by atoms with Crippen molar-refractivity contribution < 1.29 is 14.6 Å². The van der Waals surface area contributed by atoms with Gasteiger partial charge < -0.3 is 14.6 Å². The summed E-state index contributed by atoms with van der Waals surface area (Å²) in [5.41, 5.74) is 0.889. The minimum absolute atomic E-state index is 0.0459. The monoisotopic (exact) mass is 218 g/mol. The first kappa shape index (κ1) is 10.8. The normalized spacial score (nSPS) is 10.4. The van der Waals surface area contributed by atoms with E-state index in [1.807, 2.05) is 30.3 Å². The third-order valence-corrected chi connectivity index (χ3v) is 2.59. The first-order valence-corrected chi connectivity index (χ1v) is 5.04. The number of aliphatic hydroxyl groups is 1. The van der Waals surface area contributed by atoms with E-state index < -0.39 is 0 Å². The van der Waals surface area contributed by atoms with Crippen LogP contribution in [0, 0.1) is 0 Å². The van der Waals surface area contributed by atoms with Gasteiger partial charge in [-0.1, -0.05) is 12.1 Å². The molecule has 0 aliphatic heterocycles. The van der Waals surface area contributed by atoms with Gasteiger partial charge in [-0.25, -0.2) is 0 Å². The van der Waals surface area contributed by atoms with Crippen LogP contribution >= 0.6 is 0 Å². The zero-order valence-corrected chi connectivity index (χ0v) is 9.36. The molecule has 0 amide bonds. The van der Waals surface area contributed by atoms with Crippen LogP contribution in [0.5, 0.6) is 11.5 Å². The minimum Gasteiger partial charge on any atom is -0.493 e. The molecule has 0 unspecified atom stereocenters. The van der Waals surface area contributed by atoms with E-state index in [0.29, 0.717) is 11.5 Å². The van der Waals surface area contributed by atoms with Crippen LogP contribution in [-0.2, 0) is 6.61 Å². The van der Waals surface area contributed by atoms with Crippen molar-refractivity contribution in [3.8, 4) is 11.5 Å². The van der Waals surface area contributed by atoms with Crippen LogP contribution in [0.1, 0.15) is 5.56 Å². The fraction of sp³-hybridized carbons (Fsp3) is 0.231. The third kappa shape index (κ3) is 1.82. The molecule has 0 fully saturated rings. The quantitative estimate of drug-likeness (QED) is 0.859. The van der Waals surface area contributed by atoms with Crippen molar-refractivity contribution in [2.45, 2.75) is 6.61 Å². The molecule has 3 nitrogen and oxygen atoms in total. The molecule has 0 aliphatic rings. The molecule has 0 aliphatic carbocycles. The van der Waals surface area contributed by atoms with Gasteiger partial charge in [-0.05, 0) is 34.5 Å². The first-order valence-electron chi connectivity index (χ1n) is 5.04. The summed E-state index contributed by atoms with van der Waals surface area (Å²) in [7, 11) is 3.23. The molecule has 84 valence electrons. The Balaban J connectivity index is 2.63. The maximum Gasteiger partial charge on any atom is 0.161 e. The van der Waals surface area contributed by atoms with Crippen LogP contribution in [0.4, 0.5) is 0 Å². The zero-order chi connectivity index (χ0) is 11.5. The lowest BCUT2D eigenvalue weighted by Gasteiger charge is -2.09. The molecule has 0 spiro atoms. The summed E-state index contributed by atoms with van der Waals surface area (Å²) in [5.74, 6) is 1.41. The maximum atomic E-state index is 9.07. The molecule has 2 aromatic carbocycles. The van der Waals surface area contributed by atoms with Gasteiger partial charge in [-0.2, -0.15) is 0 Å². The molecule has 1 N–H and O–H groups in total. The third-order valence-electron chi connectivity index (χ3n) is 2.59. The molecule has 0 aromatic heterocycles. The predicted octanol–water partition coefficient (Wildman–Crippen LogP) is 2.35. The van der Waals surface area contributed by atoms with Gasteiger partial charge in [0.1, 0.15) is 0 Å². The molecule has 16 heavy (non-hydrogen) atoms. The molecule has 0 radical (unpaired) electrons. The zero-order valence-electron chi connectivity index (χ0n) is 9.36. The van der Waals surface area contributed by atoms with Gasteiger partial charge in [0.25, 0.3) is 0 Å². The second-order valence-electron chi connectivity index (χ2n) is 3.55. The Labute approximate surface area is 94.2 Å². The van der Waals surface area contributed by atoms with Crippen molar-refractivity contribution in [3.05, 3.63) is 35.9 Å². The average molecular weight is 218 g/mol. The highest BCUT2D eigenvalue weighted by Crippen LogP contribution is 2.32. The molecule has 0 saturated heterocycles. The first-order chi connectivity index (χ1) is 7.78. The fourth-order valence-electron chi connectivity index (χ4n) is 1.72. The number of aliphatic hydroxyl groups excluding tert-OH is 1. The van der Waals surface area contributed by atoms with Gasteiger partial charge in [-0.15, -0.1) is 0 Å². The van der Waals surface area contributed by atoms with Gasteiger partial charge >= 0.3 is 0 Å². The SMILES string of the molecule is COc1cc2ccc(CO)cc2cc1OC. The second kappa shape index (κ2) is 4.41. The maximum absolute atomic E-state index is 9.07. The van der Waals surface area contributed by atoms with Crippen LogP contribution in [0.15, 0.2) is 30.3 Å². The van der Waals surface area contributed by atoms with Gasteiger partial charge in [-0.3, -0.25) is 0 Å². The lowest BCUT2D eigenvalue weighted by atomic mass is 10.1. The van der Waals surface area contributed by atoms with Crippen LogP contribution in [0.3, 0.4) is 0 Å². The molecule has 0 atom stereocenters. The summed E-state index contributed by atoms with van der Waals surface area (Å²) in [6.07, 6.45) is 0. The molecule has 0 saturated carbocycles. The predicted molar refractivity (Wildman–Crippen MR) is 63.0 cm³/mol. The molecule has 0 bridgehead atoms. The van der Waals surface area contributed by atoms with Crippen molar-refractivity contribution in [3.63, 3.8) is 0 Å². The number of benzene rings is 2. The van der Waals surface area contributed by atoms with Crippen molar-refractivity contribution in [2.75, 3.05) is 14.2 Å². The van der Waals surface area contributed by atoms with Gasteiger partial charge in [0.2, 0.25) is 0 Å². The van der Waals surface area contributed by atoms with Crippen LogP contribution < -0.4 is 9.47 Å². The Hall–Kier alpha value is -1.74. The van der Waals surface area contributed by atoms with Crippen molar-refractivity contribution >= 4 is 10.8 Å². The summed E-state index contributed by atoms with van der Waals surface area (Å²) < 4.78 is 10.5. The fourth-order valence-corrected chi connectivity index (χ4v) is 1.72. The molecule has 2 rings (SSSR count). The number of hydrogen-bond donors (Lipinski definition) is 1. The lowest BCUT2D eigenvalue weighted by molar-refractivity contribution is 0.282. The van der Waals surface area contributed by atoms with Crippen molar-refractivity contribution in [1.29, 1.82) is 0 Å². The lowest BCUT2D eigenvalue weighted by Crippen LogP contribution is -1.91. The van der Waals surface area contributed by atoms with E-state index >= 15 is 0 Å². The van der Waals surface area contributed by atoms with E-state index in [4.69, 9.17) is 14.6 Å². The van der Waals surface area contributed by atoms with Gasteiger partial charge in [0.15, 0.2) is 11.5 Å². The Bertz CT molecular complexity index is 506. The van der Waals surface area contributed by atoms with Crippen molar-refractivity contribution in [1.82, 2.24) is 0 Å². The highest BCUT2D eigenvalue weighted by Gasteiger charge is 2.05. The van der Waals surface area contributed by atoms with Crippen molar-refractivity contribution in [2.24, 2.45) is 0 Å². The summed E-state index contributed by atoms with van der Waals surface area (Å²) in [4.78, 5) is 0. The molecular weight excluding hydrogens is 204 g/mol. The summed E-state index contributed by atoms with van der Waals surface area (Å²) in [6, 6.07) is 9.64. The number of hydrogen-bond acceptors (Lipinski definition) is 3. The standard InChI is InChI=1S/C13H14O3/c1-15-12-6-10-4-3-9(8-14)5-11(10)7-13(12)16-2/h3-7,14H,8H2,1-2H3. The molecule has 0 heterocycles. The van der Waals surface area contributed by atoms with Crippen LogP contribution in [0.2, 0.25) is 0 Å². The van der Waals surface area contributed by atoms with Gasteiger partial charge in [0, 0.05) is 0 Å². The van der Waals surface area contributed by atoms with E-state index in [9.17, 15) is 0 Å². The van der Waals surface area contributed by atoms with E-state index in [0.717, 1.165) is 16.3 Å². The van der Waals surface area contributed by atoms with E-state index in [2.05, 4.69) is 0 Å². The summed E-state index contributed by atoms with van der Waals surface area (Å²) >= 11 is 0. The smallest absolute Gasteiger partial charge is 0.161 e.